The van der Waals surface area contributed by atoms with Gasteiger partial charge in [-0.3, -0.25) is 0 Å². The van der Waals surface area contributed by atoms with Crippen LogP contribution in [0.25, 0.3) is 0 Å². The third-order valence-electron chi connectivity index (χ3n) is 2.92. The fourth-order valence-corrected chi connectivity index (χ4v) is 2.19. The van der Waals surface area contributed by atoms with Gasteiger partial charge < -0.3 is 20.5 Å². The number of hydrogen-bond donors (Lipinski definition) is 2. The highest BCUT2D eigenvalue weighted by Gasteiger charge is 2.07. The van der Waals surface area contributed by atoms with E-state index in [-0.39, 0.29) is 0 Å². The molecule has 2 aromatic rings. The minimum atomic E-state index is 0.314. The van der Waals surface area contributed by atoms with Crippen molar-refractivity contribution >= 4 is 40.2 Å². The van der Waals surface area contributed by atoms with E-state index < -0.39 is 0 Å². The molecule has 0 unspecified atom stereocenters. The van der Waals surface area contributed by atoms with E-state index in [1.807, 2.05) is 30.3 Å². The minimum absolute atomic E-state index is 0.314. The zero-order chi connectivity index (χ0) is 15.4. The molecule has 0 aliphatic heterocycles. The topological polar surface area (TPSA) is 56.5 Å². The minimum Gasteiger partial charge on any atom is -0.493 e. The number of methoxy groups -OCH3 is 2. The first-order valence-corrected chi connectivity index (χ1v) is 6.92. The number of nitrogens with two attached hydrogens (primary N) is 1. The van der Waals surface area contributed by atoms with Crippen molar-refractivity contribution in [2.24, 2.45) is 5.73 Å². The van der Waals surface area contributed by atoms with Crippen LogP contribution in [0, 0.1) is 0 Å². The maximum Gasteiger partial charge on any atom is 0.162 e. The lowest BCUT2D eigenvalue weighted by atomic mass is 10.2. The van der Waals surface area contributed by atoms with E-state index >= 15 is 0 Å². The molecule has 4 nitrogen and oxygen atoms in total. The third kappa shape index (κ3) is 3.56. The normalized spacial score (nSPS) is 10.0. The summed E-state index contributed by atoms with van der Waals surface area (Å²) in [4.78, 5) is 0.314. The first-order valence-electron chi connectivity index (χ1n) is 6.13. The third-order valence-corrected chi connectivity index (χ3v) is 3.46. The van der Waals surface area contributed by atoms with E-state index in [4.69, 9.17) is 39.0 Å². The Morgan fingerprint density at radius 2 is 1.81 bits per heavy atom. The predicted octanol–water partition coefficient (Wildman–Crippen LogP) is 3.74. The molecule has 0 aliphatic carbocycles. The van der Waals surface area contributed by atoms with Gasteiger partial charge in [0, 0.05) is 17.3 Å². The number of hydrogen-bond acceptors (Lipinski definition) is 4. The van der Waals surface area contributed by atoms with Crippen LogP contribution < -0.4 is 20.5 Å². The smallest absolute Gasteiger partial charge is 0.162 e. The van der Waals surface area contributed by atoms with Gasteiger partial charge in [0.2, 0.25) is 0 Å². The molecular weight excluding hydrogens is 308 g/mol. The molecule has 2 aromatic carbocycles. The Labute approximate surface area is 133 Å². The van der Waals surface area contributed by atoms with E-state index in [1.165, 1.54) is 0 Å². The van der Waals surface area contributed by atoms with Crippen LogP contribution >= 0.6 is 23.8 Å². The first-order chi connectivity index (χ1) is 10.0. The van der Waals surface area contributed by atoms with Crippen LogP contribution in [0.15, 0.2) is 36.4 Å². The van der Waals surface area contributed by atoms with Crippen molar-refractivity contribution in [2.45, 2.75) is 0 Å². The van der Waals surface area contributed by atoms with Crippen LogP contribution in [0.4, 0.5) is 11.4 Å². The number of benzene rings is 2. The molecule has 0 amide bonds. The number of rotatable bonds is 5. The van der Waals surface area contributed by atoms with Crippen molar-refractivity contribution < 1.29 is 9.47 Å². The molecule has 0 aromatic heterocycles. The molecule has 0 bridgehead atoms. The number of anilines is 2. The van der Waals surface area contributed by atoms with Crippen LogP contribution in [0.5, 0.6) is 11.5 Å². The number of nitrogens with one attached hydrogen (secondary N) is 1. The zero-order valence-electron chi connectivity index (χ0n) is 11.6. The quantitative estimate of drug-likeness (QED) is 0.821. The first kappa shape index (κ1) is 15.4. The van der Waals surface area contributed by atoms with Crippen LogP contribution in [-0.4, -0.2) is 19.2 Å². The molecule has 0 aliphatic rings. The summed E-state index contributed by atoms with van der Waals surface area (Å²) in [7, 11) is 3.18. The summed E-state index contributed by atoms with van der Waals surface area (Å²) in [6.07, 6.45) is 0. The van der Waals surface area contributed by atoms with Crippen molar-refractivity contribution in [3.05, 3.63) is 47.0 Å². The lowest BCUT2D eigenvalue weighted by Crippen LogP contribution is -2.09. The second kappa shape index (κ2) is 6.65. The molecule has 0 saturated heterocycles. The molecule has 21 heavy (non-hydrogen) atoms. The fraction of sp³-hybridized carbons (Fsp3) is 0.133. The van der Waals surface area contributed by atoms with Crippen LogP contribution in [-0.2, 0) is 0 Å². The Hall–Kier alpha value is -1.98. The molecule has 3 N–H and O–H groups in total. The van der Waals surface area contributed by atoms with Gasteiger partial charge in [-0.1, -0.05) is 23.8 Å². The zero-order valence-corrected chi connectivity index (χ0v) is 13.2. The van der Waals surface area contributed by atoms with Gasteiger partial charge in [0.05, 0.1) is 24.9 Å². The summed E-state index contributed by atoms with van der Waals surface area (Å²) >= 11 is 11.1. The molecule has 6 heteroatoms. The Bertz CT molecular complexity index is 677. The maximum absolute atomic E-state index is 6.22. The van der Waals surface area contributed by atoms with E-state index in [1.54, 1.807) is 20.3 Å². The van der Waals surface area contributed by atoms with Gasteiger partial charge in [-0.25, -0.2) is 0 Å². The van der Waals surface area contributed by atoms with Gasteiger partial charge in [0.1, 0.15) is 4.99 Å². The Balaban J connectivity index is 2.28. The Morgan fingerprint density at radius 1 is 1.10 bits per heavy atom. The number of halogens is 1. The SMILES string of the molecule is COc1ccc(Nc2ccc(C(N)=S)cc2Cl)cc1OC. The number of ether oxygens (including phenoxy) is 2. The predicted molar refractivity (Wildman–Crippen MR) is 90.2 cm³/mol. The molecule has 0 spiro atoms. The molecule has 0 fully saturated rings. The summed E-state index contributed by atoms with van der Waals surface area (Å²) < 4.78 is 10.5. The molecule has 2 rings (SSSR count). The lowest BCUT2D eigenvalue weighted by Gasteiger charge is -2.12. The van der Waals surface area contributed by atoms with Crippen LogP contribution in [0.1, 0.15) is 5.56 Å². The average Bonchev–Trinajstić information content (AvgIpc) is 2.48. The van der Waals surface area contributed by atoms with Gasteiger partial charge in [0.15, 0.2) is 11.5 Å². The lowest BCUT2D eigenvalue weighted by molar-refractivity contribution is 0.355. The van der Waals surface area contributed by atoms with E-state index in [9.17, 15) is 0 Å². The highest BCUT2D eigenvalue weighted by Crippen LogP contribution is 2.33. The summed E-state index contributed by atoms with van der Waals surface area (Å²) in [6.45, 7) is 0. The van der Waals surface area contributed by atoms with Crippen molar-refractivity contribution in [3.8, 4) is 11.5 Å². The van der Waals surface area contributed by atoms with Crippen LogP contribution in [0.3, 0.4) is 0 Å². The van der Waals surface area contributed by atoms with E-state index in [0.29, 0.717) is 21.5 Å². The molecule has 0 heterocycles. The summed E-state index contributed by atoms with van der Waals surface area (Å²) in [5, 5.41) is 3.75. The second-order valence-electron chi connectivity index (χ2n) is 4.25. The van der Waals surface area contributed by atoms with E-state index in [0.717, 1.165) is 16.9 Å². The Kier molecular flexibility index (Phi) is 4.88. The molecular formula is C15H15ClN2O2S. The largest absolute Gasteiger partial charge is 0.493 e. The maximum atomic E-state index is 6.22. The monoisotopic (exact) mass is 322 g/mol. The molecule has 0 saturated carbocycles. The van der Waals surface area contributed by atoms with Crippen molar-refractivity contribution in [1.29, 1.82) is 0 Å². The van der Waals surface area contributed by atoms with Gasteiger partial charge in [-0.15, -0.1) is 0 Å². The van der Waals surface area contributed by atoms with Gasteiger partial charge in [0.25, 0.3) is 0 Å². The van der Waals surface area contributed by atoms with Gasteiger partial charge in [-0.05, 0) is 30.3 Å². The van der Waals surface area contributed by atoms with Crippen molar-refractivity contribution in [2.75, 3.05) is 19.5 Å². The fourth-order valence-electron chi connectivity index (χ4n) is 1.84. The number of thiocarbonyl (C=S) groups is 1. The molecule has 0 atom stereocenters. The average molecular weight is 323 g/mol. The highest BCUT2D eigenvalue weighted by atomic mass is 35.5. The standard InChI is InChI=1S/C15H15ClN2O2S/c1-19-13-6-4-10(8-14(13)20-2)18-12-5-3-9(15(17)21)7-11(12)16/h3-8,18H,1-2H3,(H2,17,21). The summed E-state index contributed by atoms with van der Waals surface area (Å²) in [6, 6.07) is 10.9. The van der Waals surface area contributed by atoms with Crippen LogP contribution in [0.2, 0.25) is 5.02 Å². The second-order valence-corrected chi connectivity index (χ2v) is 5.10. The Morgan fingerprint density at radius 3 is 2.38 bits per heavy atom. The van der Waals surface area contributed by atoms with Gasteiger partial charge >= 0.3 is 0 Å². The summed E-state index contributed by atoms with van der Waals surface area (Å²) in [5.41, 5.74) is 7.89. The highest BCUT2D eigenvalue weighted by molar-refractivity contribution is 7.80. The molecule has 110 valence electrons. The van der Waals surface area contributed by atoms with Gasteiger partial charge in [-0.2, -0.15) is 0 Å². The van der Waals surface area contributed by atoms with Crippen molar-refractivity contribution in [3.63, 3.8) is 0 Å². The summed E-state index contributed by atoms with van der Waals surface area (Å²) in [5.74, 6) is 1.30. The van der Waals surface area contributed by atoms with E-state index in [2.05, 4.69) is 5.32 Å². The van der Waals surface area contributed by atoms with Crippen molar-refractivity contribution in [1.82, 2.24) is 0 Å². The molecule has 0 radical (unpaired) electrons.